The van der Waals surface area contributed by atoms with Crippen molar-refractivity contribution in [2.75, 3.05) is 25.0 Å². The summed E-state index contributed by atoms with van der Waals surface area (Å²) in [6.07, 6.45) is 1.45. The molecular formula is C15H20Cl2N3O2+. The molecule has 0 atom stereocenters. The minimum Gasteiger partial charge on any atom is -0.369 e. The standard InChI is InChI=1S/C15H19Cl2N3O2/c1-9-2-3-11(16)14(13(9)17)19-12(21)8-20-6-4-10(5-7-20)15(18)22/h2-3,10H,4-8H2,1H3,(H2,18,22)(H,19,21)/p+1. The second kappa shape index (κ2) is 7.31. The van der Waals surface area contributed by atoms with Gasteiger partial charge in [-0.3, -0.25) is 9.59 Å². The number of primary amides is 1. The minimum absolute atomic E-state index is 0.0625. The van der Waals surface area contributed by atoms with Gasteiger partial charge in [0, 0.05) is 18.8 Å². The second-order valence-electron chi connectivity index (χ2n) is 5.70. The number of aryl methyl sites for hydroxylation is 1. The molecule has 1 aliphatic heterocycles. The number of nitrogens with one attached hydrogen (secondary N) is 2. The normalized spacial score (nSPS) is 21.4. The smallest absolute Gasteiger partial charge is 0.279 e. The zero-order valence-electron chi connectivity index (χ0n) is 12.4. The van der Waals surface area contributed by atoms with Gasteiger partial charge in [-0.1, -0.05) is 29.3 Å². The van der Waals surface area contributed by atoms with Crippen molar-refractivity contribution in [1.82, 2.24) is 0 Å². The van der Waals surface area contributed by atoms with Gasteiger partial charge in [0.15, 0.2) is 6.54 Å². The van der Waals surface area contributed by atoms with Gasteiger partial charge in [0.2, 0.25) is 5.91 Å². The molecule has 0 spiro atoms. The number of nitrogens with two attached hydrogens (primary N) is 1. The highest BCUT2D eigenvalue weighted by molar-refractivity contribution is 6.40. The molecule has 1 heterocycles. The van der Waals surface area contributed by atoms with Crippen molar-refractivity contribution in [3.05, 3.63) is 27.7 Å². The number of piperidine rings is 1. The SMILES string of the molecule is Cc1ccc(Cl)c(NC(=O)C[NH+]2CCC(C(N)=O)CC2)c1Cl. The van der Waals surface area contributed by atoms with Crippen molar-refractivity contribution in [3.63, 3.8) is 0 Å². The molecule has 7 heteroatoms. The summed E-state index contributed by atoms with van der Waals surface area (Å²) in [6.45, 7) is 3.70. The first kappa shape index (κ1) is 17.1. The molecule has 2 rings (SSSR count). The lowest BCUT2D eigenvalue weighted by molar-refractivity contribution is -0.897. The number of hydrogen-bond donors (Lipinski definition) is 3. The Morgan fingerprint density at radius 3 is 2.55 bits per heavy atom. The number of likely N-dealkylation sites (tertiary alicyclic amines) is 1. The van der Waals surface area contributed by atoms with Crippen molar-refractivity contribution in [2.24, 2.45) is 11.7 Å². The second-order valence-corrected chi connectivity index (χ2v) is 6.49. The van der Waals surface area contributed by atoms with E-state index in [1.54, 1.807) is 12.1 Å². The van der Waals surface area contributed by atoms with Crippen LogP contribution in [-0.4, -0.2) is 31.4 Å². The van der Waals surface area contributed by atoms with Gasteiger partial charge < -0.3 is 16.0 Å². The molecule has 0 saturated carbocycles. The van der Waals surface area contributed by atoms with Crippen molar-refractivity contribution < 1.29 is 14.5 Å². The quantitative estimate of drug-likeness (QED) is 0.762. The Kier molecular flexibility index (Phi) is 5.67. The van der Waals surface area contributed by atoms with E-state index in [0.29, 0.717) is 22.3 Å². The summed E-state index contributed by atoms with van der Waals surface area (Å²) < 4.78 is 0. The van der Waals surface area contributed by atoms with Gasteiger partial charge in [-0.15, -0.1) is 0 Å². The molecule has 0 bridgehead atoms. The Hall–Kier alpha value is -1.30. The zero-order chi connectivity index (χ0) is 16.3. The first-order valence-corrected chi connectivity index (χ1v) is 8.01. The molecule has 22 heavy (non-hydrogen) atoms. The summed E-state index contributed by atoms with van der Waals surface area (Å²) in [5.74, 6) is -0.448. The van der Waals surface area contributed by atoms with Crippen LogP contribution in [0.25, 0.3) is 0 Å². The zero-order valence-corrected chi connectivity index (χ0v) is 13.9. The van der Waals surface area contributed by atoms with E-state index in [0.717, 1.165) is 36.4 Å². The fourth-order valence-electron chi connectivity index (χ4n) is 2.67. The van der Waals surface area contributed by atoms with E-state index in [2.05, 4.69) is 5.32 Å². The van der Waals surface area contributed by atoms with Crippen LogP contribution in [-0.2, 0) is 9.59 Å². The van der Waals surface area contributed by atoms with E-state index in [1.807, 2.05) is 6.92 Å². The maximum Gasteiger partial charge on any atom is 0.279 e. The third kappa shape index (κ3) is 4.12. The highest BCUT2D eigenvalue weighted by Crippen LogP contribution is 2.32. The van der Waals surface area contributed by atoms with Gasteiger partial charge in [0.1, 0.15) is 0 Å². The molecule has 1 saturated heterocycles. The van der Waals surface area contributed by atoms with Crippen LogP contribution in [0.5, 0.6) is 0 Å². The molecule has 0 aromatic heterocycles. The first-order chi connectivity index (χ1) is 10.4. The topological polar surface area (TPSA) is 76.6 Å². The highest BCUT2D eigenvalue weighted by atomic mass is 35.5. The highest BCUT2D eigenvalue weighted by Gasteiger charge is 2.27. The third-order valence-electron chi connectivity index (χ3n) is 4.05. The van der Waals surface area contributed by atoms with Crippen LogP contribution < -0.4 is 16.0 Å². The van der Waals surface area contributed by atoms with E-state index < -0.39 is 0 Å². The predicted molar refractivity (Wildman–Crippen MR) is 87.3 cm³/mol. The fraction of sp³-hybridized carbons (Fsp3) is 0.467. The van der Waals surface area contributed by atoms with E-state index in [9.17, 15) is 9.59 Å². The minimum atomic E-state index is -0.248. The number of halogens is 2. The molecule has 120 valence electrons. The molecule has 4 N–H and O–H groups in total. The van der Waals surface area contributed by atoms with Crippen LogP contribution >= 0.6 is 23.2 Å². The number of anilines is 1. The lowest BCUT2D eigenvalue weighted by Crippen LogP contribution is -3.14. The lowest BCUT2D eigenvalue weighted by Gasteiger charge is -2.27. The summed E-state index contributed by atoms with van der Waals surface area (Å²) in [4.78, 5) is 24.4. The molecular weight excluding hydrogens is 325 g/mol. The maximum absolute atomic E-state index is 12.2. The molecule has 0 unspecified atom stereocenters. The molecule has 2 amide bonds. The summed E-state index contributed by atoms with van der Waals surface area (Å²) in [6, 6.07) is 3.52. The van der Waals surface area contributed by atoms with E-state index in [-0.39, 0.29) is 17.7 Å². The molecule has 1 aromatic rings. The number of quaternary nitrogens is 1. The Morgan fingerprint density at radius 1 is 1.32 bits per heavy atom. The Labute approximate surface area is 139 Å². The average molecular weight is 345 g/mol. The summed E-state index contributed by atoms with van der Waals surface area (Å²) in [5.41, 5.74) is 6.62. The number of carbonyl (C=O) groups is 2. The van der Waals surface area contributed by atoms with Crippen LogP contribution in [0.4, 0.5) is 5.69 Å². The van der Waals surface area contributed by atoms with Gasteiger partial charge in [0.25, 0.3) is 5.91 Å². The van der Waals surface area contributed by atoms with Crippen molar-refractivity contribution in [2.45, 2.75) is 19.8 Å². The van der Waals surface area contributed by atoms with Crippen molar-refractivity contribution >= 4 is 40.7 Å². The monoisotopic (exact) mass is 344 g/mol. The Bertz CT molecular complexity index is 584. The molecule has 1 aromatic carbocycles. The summed E-state index contributed by atoms with van der Waals surface area (Å²) in [7, 11) is 0. The molecule has 0 aliphatic carbocycles. The van der Waals surface area contributed by atoms with Crippen LogP contribution in [0.15, 0.2) is 12.1 Å². The van der Waals surface area contributed by atoms with Gasteiger partial charge in [-0.05, 0) is 18.6 Å². The van der Waals surface area contributed by atoms with Gasteiger partial charge >= 0.3 is 0 Å². The predicted octanol–water partition coefficient (Wildman–Crippen LogP) is 1.02. The lowest BCUT2D eigenvalue weighted by atomic mass is 9.96. The third-order valence-corrected chi connectivity index (χ3v) is 4.86. The van der Waals surface area contributed by atoms with Crippen LogP contribution in [0.3, 0.4) is 0 Å². The van der Waals surface area contributed by atoms with Gasteiger partial charge in [-0.2, -0.15) is 0 Å². The average Bonchev–Trinajstić information content (AvgIpc) is 2.48. The van der Waals surface area contributed by atoms with E-state index >= 15 is 0 Å². The van der Waals surface area contributed by atoms with E-state index in [4.69, 9.17) is 28.9 Å². The molecule has 0 radical (unpaired) electrons. The maximum atomic E-state index is 12.2. The largest absolute Gasteiger partial charge is 0.369 e. The number of carbonyl (C=O) groups excluding carboxylic acids is 2. The van der Waals surface area contributed by atoms with Crippen LogP contribution in [0, 0.1) is 12.8 Å². The van der Waals surface area contributed by atoms with E-state index in [1.165, 1.54) is 0 Å². The Balaban J connectivity index is 1.92. The number of amides is 2. The van der Waals surface area contributed by atoms with Crippen LogP contribution in [0.1, 0.15) is 18.4 Å². The molecule has 1 fully saturated rings. The number of rotatable bonds is 4. The number of benzene rings is 1. The van der Waals surface area contributed by atoms with Gasteiger partial charge in [-0.25, -0.2) is 0 Å². The van der Waals surface area contributed by atoms with Gasteiger partial charge in [0.05, 0.1) is 28.8 Å². The fourth-order valence-corrected chi connectivity index (χ4v) is 3.13. The van der Waals surface area contributed by atoms with Crippen LogP contribution in [0.2, 0.25) is 10.0 Å². The van der Waals surface area contributed by atoms with Crippen molar-refractivity contribution in [3.8, 4) is 0 Å². The van der Waals surface area contributed by atoms with Crippen molar-refractivity contribution in [1.29, 1.82) is 0 Å². The summed E-state index contributed by atoms with van der Waals surface area (Å²) in [5, 5.41) is 3.67. The summed E-state index contributed by atoms with van der Waals surface area (Å²) >= 11 is 12.3. The Morgan fingerprint density at radius 2 is 1.95 bits per heavy atom. The molecule has 5 nitrogen and oxygen atoms in total. The number of hydrogen-bond acceptors (Lipinski definition) is 2. The first-order valence-electron chi connectivity index (χ1n) is 7.25. The molecule has 1 aliphatic rings.